The summed E-state index contributed by atoms with van der Waals surface area (Å²) in [5.41, 5.74) is 8.64. The summed E-state index contributed by atoms with van der Waals surface area (Å²) in [6.45, 7) is 4.37. The third-order valence-corrected chi connectivity index (χ3v) is 3.62. The molecule has 16 heavy (non-hydrogen) atoms. The van der Waals surface area contributed by atoms with Gasteiger partial charge in [-0.2, -0.15) is 5.10 Å². The van der Waals surface area contributed by atoms with Crippen molar-refractivity contribution in [2.45, 2.75) is 64.5 Å². The molecule has 0 radical (unpaired) electrons. The molecule has 0 aliphatic heterocycles. The molecule has 1 aromatic rings. The Morgan fingerprint density at radius 3 is 2.81 bits per heavy atom. The monoisotopic (exact) mass is 221 g/mol. The smallest absolute Gasteiger partial charge is 0.0624 e. The lowest BCUT2D eigenvalue weighted by molar-refractivity contribution is 0.294. The minimum absolute atomic E-state index is 0.373. The van der Waals surface area contributed by atoms with Crippen molar-refractivity contribution in [2.24, 2.45) is 5.73 Å². The van der Waals surface area contributed by atoms with Crippen molar-refractivity contribution in [2.75, 3.05) is 0 Å². The van der Waals surface area contributed by atoms with Gasteiger partial charge in [-0.1, -0.05) is 13.8 Å². The molecule has 1 heterocycles. The van der Waals surface area contributed by atoms with Crippen LogP contribution in [0.1, 0.15) is 57.0 Å². The van der Waals surface area contributed by atoms with Gasteiger partial charge in [0.15, 0.2) is 0 Å². The minimum Gasteiger partial charge on any atom is -0.328 e. The first-order valence-corrected chi connectivity index (χ1v) is 6.57. The fraction of sp³-hybridized carbons (Fsp3) is 0.769. The number of aromatic nitrogens is 2. The standard InChI is InChI=1S/C13H23N3/c1-3-11-9-12(4-2)16(15-11)13-7-5-6-10(14)8-13/h9-10,13H,3-8,14H2,1-2H3. The van der Waals surface area contributed by atoms with Gasteiger partial charge >= 0.3 is 0 Å². The summed E-state index contributed by atoms with van der Waals surface area (Å²) >= 11 is 0. The Morgan fingerprint density at radius 2 is 2.19 bits per heavy atom. The van der Waals surface area contributed by atoms with E-state index < -0.39 is 0 Å². The largest absolute Gasteiger partial charge is 0.328 e. The molecule has 0 spiro atoms. The number of rotatable bonds is 3. The molecule has 0 aromatic carbocycles. The topological polar surface area (TPSA) is 43.8 Å². The second-order valence-corrected chi connectivity index (χ2v) is 4.86. The van der Waals surface area contributed by atoms with Crippen LogP contribution < -0.4 is 5.73 Å². The summed E-state index contributed by atoms with van der Waals surface area (Å²) in [5, 5.41) is 4.72. The molecule has 2 rings (SSSR count). The molecule has 2 N–H and O–H groups in total. The van der Waals surface area contributed by atoms with Crippen molar-refractivity contribution in [1.29, 1.82) is 0 Å². The van der Waals surface area contributed by atoms with E-state index >= 15 is 0 Å². The molecule has 2 atom stereocenters. The first-order valence-electron chi connectivity index (χ1n) is 6.57. The van der Waals surface area contributed by atoms with Gasteiger partial charge in [-0.3, -0.25) is 4.68 Å². The van der Waals surface area contributed by atoms with Crippen LogP contribution in [-0.4, -0.2) is 15.8 Å². The van der Waals surface area contributed by atoms with Gasteiger partial charge in [0, 0.05) is 11.7 Å². The Balaban J connectivity index is 2.20. The Labute approximate surface area is 98.0 Å². The van der Waals surface area contributed by atoms with Crippen LogP contribution in [0.4, 0.5) is 0 Å². The zero-order valence-electron chi connectivity index (χ0n) is 10.4. The van der Waals surface area contributed by atoms with E-state index in [0.717, 1.165) is 19.3 Å². The highest BCUT2D eigenvalue weighted by Gasteiger charge is 2.23. The van der Waals surface area contributed by atoms with Crippen molar-refractivity contribution in [3.63, 3.8) is 0 Å². The van der Waals surface area contributed by atoms with E-state index in [1.807, 2.05) is 0 Å². The van der Waals surface area contributed by atoms with E-state index in [9.17, 15) is 0 Å². The molecule has 90 valence electrons. The van der Waals surface area contributed by atoms with Crippen molar-refractivity contribution in [3.8, 4) is 0 Å². The van der Waals surface area contributed by atoms with Gasteiger partial charge in [0.1, 0.15) is 0 Å². The lowest BCUT2D eigenvalue weighted by Gasteiger charge is -2.28. The molecule has 0 amide bonds. The van der Waals surface area contributed by atoms with Crippen LogP contribution in [0.3, 0.4) is 0 Å². The van der Waals surface area contributed by atoms with E-state index in [1.165, 1.54) is 30.7 Å². The van der Waals surface area contributed by atoms with Crippen LogP contribution in [0.5, 0.6) is 0 Å². The molecule has 0 bridgehead atoms. The van der Waals surface area contributed by atoms with Gasteiger partial charge in [-0.05, 0) is 44.6 Å². The highest BCUT2D eigenvalue weighted by Crippen LogP contribution is 2.28. The SMILES string of the molecule is CCc1cc(CC)n(C2CCCC(N)C2)n1. The average Bonchev–Trinajstić information content (AvgIpc) is 2.72. The number of aryl methyl sites for hydroxylation is 2. The number of nitrogens with zero attached hydrogens (tertiary/aromatic N) is 2. The second kappa shape index (κ2) is 5.00. The molecule has 1 fully saturated rings. The average molecular weight is 221 g/mol. The van der Waals surface area contributed by atoms with E-state index in [1.54, 1.807) is 0 Å². The molecular weight excluding hydrogens is 198 g/mol. The predicted molar refractivity (Wildman–Crippen MR) is 66.5 cm³/mol. The molecule has 1 saturated carbocycles. The van der Waals surface area contributed by atoms with Crippen molar-refractivity contribution in [1.82, 2.24) is 9.78 Å². The van der Waals surface area contributed by atoms with E-state index in [0.29, 0.717) is 12.1 Å². The lowest BCUT2D eigenvalue weighted by Crippen LogP contribution is -2.30. The second-order valence-electron chi connectivity index (χ2n) is 4.86. The Morgan fingerprint density at radius 1 is 1.38 bits per heavy atom. The maximum Gasteiger partial charge on any atom is 0.0624 e. The zero-order valence-corrected chi connectivity index (χ0v) is 10.4. The summed E-state index contributed by atoms with van der Waals surface area (Å²) in [6.07, 6.45) is 6.86. The maximum absolute atomic E-state index is 6.05. The summed E-state index contributed by atoms with van der Waals surface area (Å²) < 4.78 is 2.25. The molecule has 2 unspecified atom stereocenters. The number of nitrogens with two attached hydrogens (primary N) is 1. The normalized spacial score (nSPS) is 25.9. The molecule has 1 aromatic heterocycles. The fourth-order valence-electron chi connectivity index (χ4n) is 2.67. The van der Waals surface area contributed by atoms with Crippen LogP contribution in [0.15, 0.2) is 6.07 Å². The van der Waals surface area contributed by atoms with Gasteiger partial charge in [0.2, 0.25) is 0 Å². The van der Waals surface area contributed by atoms with E-state index in [2.05, 4.69) is 24.6 Å². The van der Waals surface area contributed by atoms with Crippen LogP contribution in [0.25, 0.3) is 0 Å². The molecule has 1 aliphatic rings. The summed E-state index contributed by atoms with van der Waals surface area (Å²) in [6, 6.07) is 3.16. The van der Waals surface area contributed by atoms with Crippen LogP contribution in [-0.2, 0) is 12.8 Å². The highest BCUT2D eigenvalue weighted by molar-refractivity contribution is 5.11. The summed E-state index contributed by atoms with van der Waals surface area (Å²) in [4.78, 5) is 0. The van der Waals surface area contributed by atoms with Crippen LogP contribution >= 0.6 is 0 Å². The third kappa shape index (κ3) is 2.29. The van der Waals surface area contributed by atoms with Gasteiger partial charge in [-0.15, -0.1) is 0 Å². The lowest BCUT2D eigenvalue weighted by atomic mass is 9.91. The highest BCUT2D eigenvalue weighted by atomic mass is 15.3. The van der Waals surface area contributed by atoms with Crippen molar-refractivity contribution in [3.05, 3.63) is 17.5 Å². The Hall–Kier alpha value is -0.830. The summed E-state index contributed by atoms with van der Waals surface area (Å²) in [7, 11) is 0. The van der Waals surface area contributed by atoms with Gasteiger partial charge < -0.3 is 5.73 Å². The maximum atomic E-state index is 6.05. The predicted octanol–water partition coefficient (Wildman–Crippen LogP) is 2.45. The minimum atomic E-state index is 0.373. The van der Waals surface area contributed by atoms with Gasteiger partial charge in [-0.25, -0.2) is 0 Å². The molecule has 3 nitrogen and oxygen atoms in total. The zero-order chi connectivity index (χ0) is 11.5. The van der Waals surface area contributed by atoms with Crippen LogP contribution in [0, 0.1) is 0 Å². The quantitative estimate of drug-likeness (QED) is 0.852. The Kier molecular flexibility index (Phi) is 3.64. The molecule has 1 aliphatic carbocycles. The third-order valence-electron chi connectivity index (χ3n) is 3.62. The van der Waals surface area contributed by atoms with Crippen LogP contribution in [0.2, 0.25) is 0 Å². The first-order chi connectivity index (χ1) is 7.74. The molecular formula is C13H23N3. The molecule has 3 heteroatoms. The number of hydrogen-bond donors (Lipinski definition) is 1. The first kappa shape index (κ1) is 11.6. The van der Waals surface area contributed by atoms with Gasteiger partial charge in [0.25, 0.3) is 0 Å². The molecule has 0 saturated heterocycles. The van der Waals surface area contributed by atoms with Gasteiger partial charge in [0.05, 0.1) is 11.7 Å². The van der Waals surface area contributed by atoms with Crippen molar-refractivity contribution >= 4 is 0 Å². The number of hydrogen-bond acceptors (Lipinski definition) is 2. The fourth-order valence-corrected chi connectivity index (χ4v) is 2.67. The Bertz CT molecular complexity index is 343. The van der Waals surface area contributed by atoms with Crippen molar-refractivity contribution < 1.29 is 0 Å². The van der Waals surface area contributed by atoms with E-state index in [-0.39, 0.29) is 0 Å². The summed E-state index contributed by atoms with van der Waals surface area (Å²) in [5.74, 6) is 0. The van der Waals surface area contributed by atoms with E-state index in [4.69, 9.17) is 10.8 Å².